The molecule has 0 unspecified atom stereocenters. The number of rotatable bonds is 2. The number of nitrogens with one attached hydrogen (secondary N) is 1. The lowest BCUT2D eigenvalue weighted by atomic mass is 10.0. The first-order valence-electron chi connectivity index (χ1n) is 6.05. The van der Waals surface area contributed by atoms with Crippen molar-refractivity contribution < 1.29 is 4.74 Å². The van der Waals surface area contributed by atoms with Crippen LogP contribution in [-0.4, -0.2) is 18.6 Å². The van der Waals surface area contributed by atoms with Crippen LogP contribution in [0.3, 0.4) is 0 Å². The molecule has 1 aliphatic rings. The molecule has 0 radical (unpaired) electrons. The van der Waals surface area contributed by atoms with E-state index in [1.165, 1.54) is 17.4 Å². The minimum absolute atomic E-state index is 0.391. The Balaban J connectivity index is 2.14. The van der Waals surface area contributed by atoms with Crippen molar-refractivity contribution in [1.82, 2.24) is 10.3 Å². The molecule has 3 nitrogen and oxygen atoms in total. The summed E-state index contributed by atoms with van der Waals surface area (Å²) < 4.78 is 5.41. The zero-order chi connectivity index (χ0) is 11.7. The molecule has 0 aliphatic carbocycles. The molecule has 0 amide bonds. The minimum Gasteiger partial charge on any atom is -0.481 e. The Morgan fingerprint density at radius 3 is 3.00 bits per heavy atom. The molecule has 2 aromatic rings. The molecule has 1 atom stereocenters. The Hall–Kier alpha value is -1.61. The zero-order valence-electron chi connectivity index (χ0n) is 9.94. The Labute approximate surface area is 101 Å². The van der Waals surface area contributed by atoms with Crippen LogP contribution in [0.1, 0.15) is 24.4 Å². The molecular weight excluding hydrogens is 212 g/mol. The summed E-state index contributed by atoms with van der Waals surface area (Å²) >= 11 is 0. The van der Waals surface area contributed by atoms with Gasteiger partial charge in [-0.2, -0.15) is 0 Å². The van der Waals surface area contributed by atoms with E-state index in [-0.39, 0.29) is 0 Å². The molecule has 1 N–H and O–H groups in total. The lowest BCUT2D eigenvalue weighted by Crippen LogP contribution is -2.14. The highest BCUT2D eigenvalue weighted by molar-refractivity contribution is 5.80. The van der Waals surface area contributed by atoms with E-state index in [1.807, 2.05) is 18.2 Å². The first-order valence-corrected chi connectivity index (χ1v) is 6.05. The number of fused-ring (bicyclic) bond motifs is 1. The fourth-order valence-electron chi connectivity index (χ4n) is 2.48. The second-order valence-corrected chi connectivity index (χ2v) is 4.43. The van der Waals surface area contributed by atoms with E-state index in [2.05, 4.69) is 22.4 Å². The van der Waals surface area contributed by atoms with Gasteiger partial charge in [0.15, 0.2) is 0 Å². The number of pyridine rings is 1. The van der Waals surface area contributed by atoms with Gasteiger partial charge in [-0.05, 0) is 31.5 Å². The Kier molecular flexibility index (Phi) is 2.69. The van der Waals surface area contributed by atoms with Crippen molar-refractivity contribution in [3.8, 4) is 5.88 Å². The Bertz CT molecular complexity index is 533. The smallest absolute Gasteiger partial charge is 0.218 e. The van der Waals surface area contributed by atoms with E-state index in [0.717, 1.165) is 24.4 Å². The third-order valence-electron chi connectivity index (χ3n) is 3.35. The van der Waals surface area contributed by atoms with Gasteiger partial charge in [-0.1, -0.05) is 18.2 Å². The first kappa shape index (κ1) is 10.5. The highest BCUT2D eigenvalue weighted by Crippen LogP contribution is 2.31. The molecule has 17 heavy (non-hydrogen) atoms. The number of para-hydroxylation sites is 1. The maximum atomic E-state index is 5.41. The van der Waals surface area contributed by atoms with Gasteiger partial charge in [0.05, 0.1) is 12.6 Å². The second kappa shape index (κ2) is 4.34. The average molecular weight is 228 g/mol. The third kappa shape index (κ3) is 1.87. The molecule has 1 aromatic carbocycles. The number of benzene rings is 1. The number of nitrogens with zero attached hydrogens (tertiary/aromatic N) is 1. The summed E-state index contributed by atoms with van der Waals surface area (Å²) in [6.45, 7) is 1.08. The minimum atomic E-state index is 0.391. The van der Waals surface area contributed by atoms with Gasteiger partial charge < -0.3 is 10.1 Å². The molecule has 3 heteroatoms. The lowest BCUT2D eigenvalue weighted by molar-refractivity contribution is 0.388. The van der Waals surface area contributed by atoms with Gasteiger partial charge in [-0.3, -0.25) is 0 Å². The molecule has 1 aliphatic heterocycles. The number of ether oxygens (including phenoxy) is 1. The summed E-state index contributed by atoms with van der Waals surface area (Å²) in [5, 5.41) is 4.67. The van der Waals surface area contributed by atoms with Crippen LogP contribution < -0.4 is 10.1 Å². The largest absolute Gasteiger partial charge is 0.481 e. The monoisotopic (exact) mass is 228 g/mol. The van der Waals surface area contributed by atoms with E-state index in [4.69, 9.17) is 4.74 Å². The van der Waals surface area contributed by atoms with Crippen LogP contribution in [0.15, 0.2) is 30.3 Å². The van der Waals surface area contributed by atoms with Gasteiger partial charge in [0.25, 0.3) is 0 Å². The number of methoxy groups -OCH3 is 1. The molecule has 1 saturated heterocycles. The van der Waals surface area contributed by atoms with Crippen LogP contribution in [0.2, 0.25) is 0 Å². The topological polar surface area (TPSA) is 34.1 Å². The molecule has 0 saturated carbocycles. The number of hydrogen-bond donors (Lipinski definition) is 1. The summed E-state index contributed by atoms with van der Waals surface area (Å²) in [4.78, 5) is 4.58. The van der Waals surface area contributed by atoms with E-state index in [9.17, 15) is 0 Å². The highest BCUT2D eigenvalue weighted by atomic mass is 16.5. The zero-order valence-corrected chi connectivity index (χ0v) is 9.94. The van der Waals surface area contributed by atoms with Crippen molar-refractivity contribution in [2.24, 2.45) is 0 Å². The second-order valence-electron chi connectivity index (χ2n) is 4.43. The standard InChI is InChI=1S/C14H16N2O/c1-17-14-11(13-7-4-8-15-13)9-10-5-2-3-6-12(10)16-14/h2-3,5-6,9,13,15H,4,7-8H2,1H3/t13-/m1/s1. The molecule has 1 aromatic heterocycles. The predicted octanol–water partition coefficient (Wildman–Crippen LogP) is 2.67. The predicted molar refractivity (Wildman–Crippen MR) is 68.3 cm³/mol. The molecule has 2 heterocycles. The van der Waals surface area contributed by atoms with Gasteiger partial charge in [-0.15, -0.1) is 0 Å². The van der Waals surface area contributed by atoms with Crippen molar-refractivity contribution >= 4 is 10.9 Å². The van der Waals surface area contributed by atoms with Crippen LogP contribution in [0.25, 0.3) is 10.9 Å². The summed E-state index contributed by atoms with van der Waals surface area (Å²) in [5.41, 5.74) is 2.18. The summed E-state index contributed by atoms with van der Waals surface area (Å²) in [5.74, 6) is 0.753. The van der Waals surface area contributed by atoms with Crippen molar-refractivity contribution in [2.75, 3.05) is 13.7 Å². The summed E-state index contributed by atoms with van der Waals surface area (Å²) in [7, 11) is 1.69. The highest BCUT2D eigenvalue weighted by Gasteiger charge is 2.21. The molecule has 88 valence electrons. The normalized spacial score (nSPS) is 19.7. The Morgan fingerprint density at radius 2 is 2.24 bits per heavy atom. The first-order chi connectivity index (χ1) is 8.38. The fraction of sp³-hybridized carbons (Fsp3) is 0.357. The van der Waals surface area contributed by atoms with Crippen LogP contribution in [-0.2, 0) is 0 Å². The van der Waals surface area contributed by atoms with Crippen LogP contribution in [0, 0.1) is 0 Å². The van der Waals surface area contributed by atoms with Crippen LogP contribution in [0.5, 0.6) is 5.88 Å². The summed E-state index contributed by atoms with van der Waals surface area (Å²) in [6, 6.07) is 10.8. The van der Waals surface area contributed by atoms with Gasteiger partial charge in [0, 0.05) is 17.0 Å². The number of hydrogen-bond acceptors (Lipinski definition) is 3. The van der Waals surface area contributed by atoms with Crippen molar-refractivity contribution in [3.05, 3.63) is 35.9 Å². The number of aromatic nitrogens is 1. The maximum Gasteiger partial charge on any atom is 0.218 e. The van der Waals surface area contributed by atoms with Crippen molar-refractivity contribution in [2.45, 2.75) is 18.9 Å². The van der Waals surface area contributed by atoms with Gasteiger partial charge in [-0.25, -0.2) is 4.98 Å². The van der Waals surface area contributed by atoms with E-state index < -0.39 is 0 Å². The van der Waals surface area contributed by atoms with Crippen LogP contribution in [0.4, 0.5) is 0 Å². The molecule has 0 bridgehead atoms. The van der Waals surface area contributed by atoms with Crippen molar-refractivity contribution in [1.29, 1.82) is 0 Å². The van der Waals surface area contributed by atoms with Crippen molar-refractivity contribution in [3.63, 3.8) is 0 Å². The van der Waals surface area contributed by atoms with Gasteiger partial charge in [0.2, 0.25) is 5.88 Å². The fourth-order valence-corrected chi connectivity index (χ4v) is 2.48. The van der Waals surface area contributed by atoms with E-state index in [1.54, 1.807) is 7.11 Å². The quantitative estimate of drug-likeness (QED) is 0.858. The molecule has 3 rings (SSSR count). The van der Waals surface area contributed by atoms with E-state index >= 15 is 0 Å². The van der Waals surface area contributed by atoms with Gasteiger partial charge in [0.1, 0.15) is 0 Å². The average Bonchev–Trinajstić information content (AvgIpc) is 2.91. The van der Waals surface area contributed by atoms with E-state index in [0.29, 0.717) is 6.04 Å². The SMILES string of the molecule is COc1nc2ccccc2cc1[C@H]1CCCN1. The lowest BCUT2D eigenvalue weighted by Gasteiger charge is -2.15. The third-order valence-corrected chi connectivity index (χ3v) is 3.35. The van der Waals surface area contributed by atoms with Gasteiger partial charge >= 0.3 is 0 Å². The molecule has 0 spiro atoms. The summed E-state index contributed by atoms with van der Waals surface area (Å²) in [6.07, 6.45) is 2.39. The maximum absolute atomic E-state index is 5.41. The molecule has 1 fully saturated rings. The van der Waals surface area contributed by atoms with Crippen LogP contribution >= 0.6 is 0 Å². The Morgan fingerprint density at radius 1 is 1.35 bits per heavy atom. The molecular formula is C14H16N2O.